The van der Waals surface area contributed by atoms with Gasteiger partial charge < -0.3 is 5.11 Å². The second kappa shape index (κ2) is 2.50. The molecule has 1 saturated heterocycles. The lowest BCUT2D eigenvalue weighted by Gasteiger charge is -2.04. The van der Waals surface area contributed by atoms with E-state index in [2.05, 4.69) is 18.4 Å². The van der Waals surface area contributed by atoms with Crippen molar-refractivity contribution in [1.29, 1.82) is 0 Å². The Kier molecular flexibility index (Phi) is 1.88. The molecule has 0 radical (unpaired) electrons. The van der Waals surface area contributed by atoms with Crippen LogP contribution in [-0.2, 0) is 0 Å². The van der Waals surface area contributed by atoms with Crippen LogP contribution in [0.2, 0.25) is 0 Å². The molecule has 0 spiro atoms. The first-order chi connectivity index (χ1) is 4.24. The van der Waals surface area contributed by atoms with Crippen LogP contribution >= 0.6 is 0 Å². The third kappa shape index (κ3) is 1.80. The van der Waals surface area contributed by atoms with E-state index in [0.29, 0.717) is 6.04 Å². The van der Waals surface area contributed by atoms with E-state index in [1.807, 2.05) is 0 Å². The third-order valence-electron chi connectivity index (χ3n) is 1.68. The fraction of sp³-hybridized carbons (Fsp3) is 0.714. The molecule has 1 rings (SSSR count). The maximum absolute atomic E-state index is 9.03. The minimum Gasteiger partial charge on any atom is -0.388 e. The predicted molar refractivity (Wildman–Crippen MR) is 37.2 cm³/mol. The molecule has 1 aliphatic rings. The van der Waals surface area contributed by atoms with Crippen LogP contribution in [0, 0.1) is 0 Å². The van der Waals surface area contributed by atoms with Gasteiger partial charge >= 0.3 is 0 Å². The Bertz CT molecular complexity index is 113. The molecule has 2 nitrogen and oxygen atoms in total. The second-order valence-corrected chi connectivity index (χ2v) is 2.61. The lowest BCUT2D eigenvalue weighted by atomic mass is 10.3. The van der Waals surface area contributed by atoms with Gasteiger partial charge in [0.05, 0.1) is 6.10 Å². The van der Waals surface area contributed by atoms with Crippen LogP contribution in [0.1, 0.15) is 6.92 Å². The minimum absolute atomic E-state index is 0.338. The fourth-order valence-electron chi connectivity index (χ4n) is 0.862. The minimum atomic E-state index is -0.338. The summed E-state index contributed by atoms with van der Waals surface area (Å²) in [5.41, 5.74) is 0. The highest BCUT2D eigenvalue weighted by Crippen LogP contribution is 2.15. The van der Waals surface area contributed by atoms with Crippen molar-refractivity contribution in [1.82, 2.24) is 4.90 Å². The molecule has 1 aliphatic heterocycles. The predicted octanol–water partition coefficient (Wildman–Crippen LogP) is 0.237. The maximum Gasteiger partial charge on any atom is 0.0845 e. The Labute approximate surface area is 55.8 Å². The van der Waals surface area contributed by atoms with Crippen molar-refractivity contribution in [3.63, 3.8) is 0 Å². The summed E-state index contributed by atoms with van der Waals surface area (Å²) in [6, 6.07) is 0.680. The average Bonchev–Trinajstić information content (AvgIpc) is 2.47. The molecule has 0 aliphatic carbocycles. The summed E-state index contributed by atoms with van der Waals surface area (Å²) in [6.45, 7) is 7.52. The standard InChI is InChI=1S/C7H13NO/c1-3-7(9)5-8-4-6(8)2/h3,6-7,9H,1,4-5H2,2H3. The molecule has 1 N–H and O–H groups in total. The molecule has 9 heavy (non-hydrogen) atoms. The summed E-state index contributed by atoms with van der Waals surface area (Å²) in [5, 5.41) is 9.03. The number of hydrogen-bond donors (Lipinski definition) is 1. The molecular weight excluding hydrogens is 114 g/mol. The second-order valence-electron chi connectivity index (χ2n) is 2.61. The molecule has 2 heteroatoms. The van der Waals surface area contributed by atoms with E-state index in [4.69, 9.17) is 5.11 Å². The average molecular weight is 127 g/mol. The van der Waals surface area contributed by atoms with Crippen molar-refractivity contribution < 1.29 is 5.11 Å². The quantitative estimate of drug-likeness (QED) is 0.433. The SMILES string of the molecule is C=CC(O)CN1CC1C. The van der Waals surface area contributed by atoms with Gasteiger partial charge in [-0.2, -0.15) is 0 Å². The van der Waals surface area contributed by atoms with Gasteiger partial charge in [0.1, 0.15) is 0 Å². The summed E-state index contributed by atoms with van der Waals surface area (Å²) in [6.07, 6.45) is 1.24. The molecule has 0 aromatic carbocycles. The lowest BCUT2D eigenvalue weighted by Crippen LogP contribution is -2.16. The summed E-state index contributed by atoms with van der Waals surface area (Å²) >= 11 is 0. The van der Waals surface area contributed by atoms with Gasteiger partial charge in [0.25, 0.3) is 0 Å². The van der Waals surface area contributed by atoms with Gasteiger partial charge in [0.15, 0.2) is 0 Å². The van der Waals surface area contributed by atoms with Crippen molar-refractivity contribution >= 4 is 0 Å². The third-order valence-corrected chi connectivity index (χ3v) is 1.68. The maximum atomic E-state index is 9.03. The fourth-order valence-corrected chi connectivity index (χ4v) is 0.862. The van der Waals surface area contributed by atoms with Crippen LogP contribution in [0.3, 0.4) is 0 Å². The lowest BCUT2D eigenvalue weighted by molar-refractivity contribution is 0.196. The molecule has 0 saturated carbocycles. The van der Waals surface area contributed by atoms with E-state index in [1.54, 1.807) is 6.08 Å². The van der Waals surface area contributed by atoms with Crippen molar-refractivity contribution in [3.05, 3.63) is 12.7 Å². The molecule has 52 valence electrons. The van der Waals surface area contributed by atoms with Crippen LogP contribution in [0.25, 0.3) is 0 Å². The van der Waals surface area contributed by atoms with Crippen LogP contribution < -0.4 is 0 Å². The van der Waals surface area contributed by atoms with E-state index < -0.39 is 0 Å². The number of aliphatic hydroxyl groups excluding tert-OH is 1. The topological polar surface area (TPSA) is 23.2 Å². The first kappa shape index (κ1) is 6.78. The first-order valence-corrected chi connectivity index (χ1v) is 3.28. The van der Waals surface area contributed by atoms with E-state index >= 15 is 0 Å². The van der Waals surface area contributed by atoms with Gasteiger partial charge in [-0.25, -0.2) is 0 Å². The highest BCUT2D eigenvalue weighted by atomic mass is 16.3. The van der Waals surface area contributed by atoms with E-state index in [-0.39, 0.29) is 6.10 Å². The molecule has 0 amide bonds. The van der Waals surface area contributed by atoms with Gasteiger partial charge in [-0.3, -0.25) is 4.90 Å². The first-order valence-electron chi connectivity index (χ1n) is 3.28. The van der Waals surface area contributed by atoms with Gasteiger partial charge in [-0.05, 0) is 6.92 Å². The number of aliphatic hydroxyl groups is 1. The Morgan fingerprint density at radius 3 is 2.89 bits per heavy atom. The van der Waals surface area contributed by atoms with E-state index in [9.17, 15) is 0 Å². The summed E-state index contributed by atoms with van der Waals surface area (Å²) in [7, 11) is 0. The monoisotopic (exact) mass is 127 g/mol. The van der Waals surface area contributed by atoms with Gasteiger partial charge in [0.2, 0.25) is 0 Å². The molecule has 0 bridgehead atoms. The summed E-state index contributed by atoms with van der Waals surface area (Å²) in [5.74, 6) is 0. The van der Waals surface area contributed by atoms with Crippen LogP contribution in [0.4, 0.5) is 0 Å². The Morgan fingerprint density at radius 1 is 2.00 bits per heavy atom. The summed E-state index contributed by atoms with van der Waals surface area (Å²) in [4.78, 5) is 2.20. The molecule has 3 unspecified atom stereocenters. The Morgan fingerprint density at radius 2 is 2.56 bits per heavy atom. The normalized spacial score (nSPS) is 35.8. The molecule has 1 heterocycles. The van der Waals surface area contributed by atoms with Crippen LogP contribution in [0.15, 0.2) is 12.7 Å². The molecular formula is C7H13NO. The number of β-amino-alcohol motifs (C(OH)–C–C–N with tert-alkyl or cyclic N) is 1. The zero-order valence-corrected chi connectivity index (χ0v) is 5.75. The van der Waals surface area contributed by atoms with Crippen molar-refractivity contribution in [2.45, 2.75) is 19.1 Å². The molecule has 0 aromatic rings. The van der Waals surface area contributed by atoms with Gasteiger partial charge in [0, 0.05) is 19.1 Å². The number of rotatable bonds is 3. The molecule has 3 atom stereocenters. The summed E-state index contributed by atoms with van der Waals surface area (Å²) < 4.78 is 0. The van der Waals surface area contributed by atoms with Crippen LogP contribution in [-0.4, -0.2) is 35.2 Å². The van der Waals surface area contributed by atoms with E-state index in [0.717, 1.165) is 13.1 Å². The zero-order chi connectivity index (χ0) is 6.85. The molecule has 1 fully saturated rings. The Balaban J connectivity index is 2.11. The van der Waals surface area contributed by atoms with Gasteiger partial charge in [-0.15, -0.1) is 6.58 Å². The van der Waals surface area contributed by atoms with Gasteiger partial charge in [-0.1, -0.05) is 6.08 Å². The number of hydrogen-bond acceptors (Lipinski definition) is 2. The van der Waals surface area contributed by atoms with E-state index in [1.165, 1.54) is 0 Å². The zero-order valence-electron chi connectivity index (χ0n) is 5.75. The largest absolute Gasteiger partial charge is 0.388 e. The number of nitrogens with zero attached hydrogens (tertiary/aromatic N) is 1. The highest BCUT2D eigenvalue weighted by Gasteiger charge is 2.29. The Hall–Kier alpha value is -0.340. The molecule has 0 aromatic heterocycles. The van der Waals surface area contributed by atoms with Crippen molar-refractivity contribution in [2.24, 2.45) is 0 Å². The van der Waals surface area contributed by atoms with Crippen molar-refractivity contribution in [3.8, 4) is 0 Å². The van der Waals surface area contributed by atoms with Crippen molar-refractivity contribution in [2.75, 3.05) is 13.1 Å². The smallest absolute Gasteiger partial charge is 0.0845 e. The van der Waals surface area contributed by atoms with Crippen LogP contribution in [0.5, 0.6) is 0 Å². The highest BCUT2D eigenvalue weighted by molar-refractivity contribution is 4.90.